The first kappa shape index (κ1) is 21.9. The molecule has 0 unspecified atom stereocenters. The molecule has 0 saturated carbocycles. The average Bonchev–Trinajstić information content (AvgIpc) is 3.17. The molecule has 0 spiro atoms. The SMILES string of the molecule is Cc1ccc(-c2noc(COC(=O)CCNS(=O)(=O)c3cccc(Cl)c3)n2)cc1F. The maximum Gasteiger partial charge on any atom is 0.307 e. The van der Waals surface area contributed by atoms with Crippen LogP contribution in [0.3, 0.4) is 0 Å². The molecule has 0 atom stereocenters. The van der Waals surface area contributed by atoms with Crippen LogP contribution in [0.25, 0.3) is 11.4 Å². The molecule has 3 rings (SSSR count). The fraction of sp³-hybridized carbons (Fsp3) is 0.211. The molecular formula is C19H17ClFN3O5S. The molecule has 8 nitrogen and oxygen atoms in total. The van der Waals surface area contributed by atoms with Gasteiger partial charge in [0.05, 0.1) is 11.3 Å². The van der Waals surface area contributed by atoms with Gasteiger partial charge in [-0.05, 0) is 36.8 Å². The number of hydrogen-bond donors (Lipinski definition) is 1. The van der Waals surface area contributed by atoms with E-state index in [2.05, 4.69) is 14.9 Å². The second-order valence-corrected chi connectivity index (χ2v) is 8.44. The summed E-state index contributed by atoms with van der Waals surface area (Å²) in [6, 6.07) is 10.3. The van der Waals surface area contributed by atoms with Crippen LogP contribution in [0, 0.1) is 12.7 Å². The minimum atomic E-state index is -3.79. The van der Waals surface area contributed by atoms with E-state index in [9.17, 15) is 17.6 Å². The molecule has 158 valence electrons. The standard InChI is InChI=1S/C19H17ClFN3O5S/c1-12-5-6-13(9-16(12)21)19-23-17(29-24-19)11-28-18(25)7-8-22-30(26,27)15-4-2-3-14(20)10-15/h2-6,9-10,22H,7-8,11H2,1H3. The molecule has 11 heteroatoms. The molecule has 0 fully saturated rings. The normalized spacial score (nSPS) is 11.4. The maximum absolute atomic E-state index is 13.6. The van der Waals surface area contributed by atoms with Crippen molar-refractivity contribution < 1.29 is 26.9 Å². The van der Waals surface area contributed by atoms with Crippen molar-refractivity contribution in [3.8, 4) is 11.4 Å². The van der Waals surface area contributed by atoms with E-state index in [1.54, 1.807) is 25.1 Å². The van der Waals surface area contributed by atoms with Gasteiger partial charge in [0, 0.05) is 17.1 Å². The van der Waals surface area contributed by atoms with Crippen LogP contribution in [0.5, 0.6) is 0 Å². The summed E-state index contributed by atoms with van der Waals surface area (Å²) in [6.07, 6.45) is -0.204. The van der Waals surface area contributed by atoms with Crippen LogP contribution < -0.4 is 4.72 Å². The smallest absolute Gasteiger partial charge is 0.307 e. The topological polar surface area (TPSA) is 111 Å². The number of carbonyl (C=O) groups excluding carboxylic acids is 1. The number of halogens is 2. The quantitative estimate of drug-likeness (QED) is 0.521. The summed E-state index contributed by atoms with van der Waals surface area (Å²) in [5, 5.41) is 4.01. The summed E-state index contributed by atoms with van der Waals surface area (Å²) in [4.78, 5) is 15.9. The van der Waals surface area contributed by atoms with E-state index in [4.69, 9.17) is 20.9 Å². The lowest BCUT2D eigenvalue weighted by Crippen LogP contribution is -2.26. The second kappa shape index (κ2) is 9.33. The molecule has 0 amide bonds. The average molecular weight is 454 g/mol. The van der Waals surface area contributed by atoms with Gasteiger partial charge in [-0.3, -0.25) is 4.79 Å². The Morgan fingerprint density at radius 1 is 1.27 bits per heavy atom. The molecule has 0 aliphatic heterocycles. The molecule has 2 aromatic carbocycles. The maximum atomic E-state index is 13.6. The van der Waals surface area contributed by atoms with Crippen molar-refractivity contribution >= 4 is 27.6 Å². The van der Waals surface area contributed by atoms with Crippen molar-refractivity contribution in [1.82, 2.24) is 14.9 Å². The Morgan fingerprint density at radius 2 is 2.07 bits per heavy atom. The largest absolute Gasteiger partial charge is 0.456 e. The number of hydrogen-bond acceptors (Lipinski definition) is 7. The highest BCUT2D eigenvalue weighted by atomic mass is 35.5. The van der Waals surface area contributed by atoms with Crippen LogP contribution in [0.1, 0.15) is 17.9 Å². The third-order valence-electron chi connectivity index (χ3n) is 3.98. The number of aryl methyl sites for hydroxylation is 1. The van der Waals surface area contributed by atoms with Gasteiger partial charge in [0.25, 0.3) is 5.89 Å². The van der Waals surface area contributed by atoms with Gasteiger partial charge in [-0.1, -0.05) is 35.0 Å². The molecular weight excluding hydrogens is 437 g/mol. The van der Waals surface area contributed by atoms with Gasteiger partial charge in [0.1, 0.15) is 5.82 Å². The van der Waals surface area contributed by atoms with E-state index in [0.717, 1.165) is 0 Å². The molecule has 0 bridgehead atoms. The van der Waals surface area contributed by atoms with Crippen LogP contribution in [0.15, 0.2) is 51.9 Å². The summed E-state index contributed by atoms with van der Waals surface area (Å²) in [7, 11) is -3.79. The van der Waals surface area contributed by atoms with Crippen LogP contribution >= 0.6 is 11.6 Å². The van der Waals surface area contributed by atoms with Gasteiger partial charge in [-0.15, -0.1) is 0 Å². The van der Waals surface area contributed by atoms with Gasteiger partial charge in [0.2, 0.25) is 15.8 Å². The van der Waals surface area contributed by atoms with E-state index in [0.29, 0.717) is 11.1 Å². The van der Waals surface area contributed by atoms with Crippen molar-refractivity contribution in [1.29, 1.82) is 0 Å². The number of rotatable bonds is 8. The van der Waals surface area contributed by atoms with Crippen molar-refractivity contribution in [2.45, 2.75) is 24.8 Å². The van der Waals surface area contributed by atoms with Crippen molar-refractivity contribution in [3.63, 3.8) is 0 Å². The molecule has 0 saturated heterocycles. The summed E-state index contributed by atoms with van der Waals surface area (Å²) < 4.78 is 50.2. The van der Waals surface area contributed by atoms with Crippen molar-refractivity contribution in [2.75, 3.05) is 6.54 Å². The number of ether oxygens (including phenoxy) is 1. The van der Waals surface area contributed by atoms with E-state index in [-0.39, 0.29) is 41.2 Å². The zero-order valence-electron chi connectivity index (χ0n) is 15.8. The first-order valence-corrected chi connectivity index (χ1v) is 10.6. The molecule has 3 aromatic rings. The molecule has 0 aliphatic carbocycles. The Morgan fingerprint density at radius 3 is 2.80 bits per heavy atom. The Kier molecular flexibility index (Phi) is 6.80. The Labute approximate surface area is 177 Å². The van der Waals surface area contributed by atoms with Crippen LogP contribution in [-0.2, 0) is 26.2 Å². The number of aromatic nitrogens is 2. The fourth-order valence-electron chi connectivity index (χ4n) is 2.38. The summed E-state index contributed by atoms with van der Waals surface area (Å²) >= 11 is 5.79. The van der Waals surface area contributed by atoms with Crippen LogP contribution in [0.2, 0.25) is 5.02 Å². The lowest BCUT2D eigenvalue weighted by Gasteiger charge is -2.07. The second-order valence-electron chi connectivity index (χ2n) is 6.24. The van der Waals surface area contributed by atoms with E-state index < -0.39 is 21.8 Å². The minimum absolute atomic E-state index is 0.00528. The Bertz CT molecular complexity index is 1170. The van der Waals surface area contributed by atoms with Crippen molar-refractivity contribution in [2.24, 2.45) is 0 Å². The Hall–Kier alpha value is -2.82. The van der Waals surface area contributed by atoms with E-state index in [1.807, 2.05) is 0 Å². The van der Waals surface area contributed by atoms with E-state index >= 15 is 0 Å². The first-order chi connectivity index (χ1) is 14.2. The van der Waals surface area contributed by atoms with Gasteiger partial charge in [0.15, 0.2) is 6.61 Å². The summed E-state index contributed by atoms with van der Waals surface area (Å²) in [5.74, 6) is -0.872. The molecule has 0 radical (unpaired) electrons. The predicted octanol–water partition coefficient (Wildman–Crippen LogP) is 3.25. The third-order valence-corrected chi connectivity index (χ3v) is 5.68. The number of benzene rings is 2. The fourth-order valence-corrected chi connectivity index (χ4v) is 3.71. The molecule has 1 heterocycles. The highest BCUT2D eigenvalue weighted by Crippen LogP contribution is 2.19. The number of sulfonamides is 1. The number of nitrogens with one attached hydrogen (secondary N) is 1. The van der Waals surface area contributed by atoms with Gasteiger partial charge >= 0.3 is 5.97 Å². The number of carbonyl (C=O) groups is 1. The minimum Gasteiger partial charge on any atom is -0.456 e. The third kappa shape index (κ3) is 5.62. The monoisotopic (exact) mass is 453 g/mol. The lowest BCUT2D eigenvalue weighted by molar-refractivity contribution is -0.145. The summed E-state index contributed by atoms with van der Waals surface area (Å²) in [5.41, 5.74) is 0.914. The van der Waals surface area contributed by atoms with Crippen molar-refractivity contribution in [3.05, 3.63) is 64.8 Å². The predicted molar refractivity (Wildman–Crippen MR) is 105 cm³/mol. The number of esters is 1. The van der Waals surface area contributed by atoms with Gasteiger partial charge in [-0.2, -0.15) is 4.98 Å². The van der Waals surface area contributed by atoms with Crippen LogP contribution in [-0.4, -0.2) is 31.1 Å². The highest BCUT2D eigenvalue weighted by Gasteiger charge is 2.16. The van der Waals surface area contributed by atoms with E-state index in [1.165, 1.54) is 24.3 Å². The lowest BCUT2D eigenvalue weighted by atomic mass is 10.1. The zero-order valence-corrected chi connectivity index (χ0v) is 17.3. The Balaban J connectivity index is 1.48. The molecule has 1 N–H and O–H groups in total. The van der Waals surface area contributed by atoms with Gasteiger partial charge < -0.3 is 9.26 Å². The zero-order chi connectivity index (χ0) is 21.7. The van der Waals surface area contributed by atoms with Crippen LogP contribution in [0.4, 0.5) is 4.39 Å². The first-order valence-electron chi connectivity index (χ1n) is 8.74. The molecule has 1 aromatic heterocycles. The molecule has 0 aliphatic rings. The molecule has 30 heavy (non-hydrogen) atoms. The summed E-state index contributed by atoms with van der Waals surface area (Å²) in [6.45, 7) is 1.18. The van der Waals surface area contributed by atoms with Gasteiger partial charge in [-0.25, -0.2) is 17.5 Å². The number of nitrogens with zero attached hydrogens (tertiary/aromatic N) is 2. The highest BCUT2D eigenvalue weighted by molar-refractivity contribution is 7.89.